The molecule has 0 saturated heterocycles. The Morgan fingerprint density at radius 3 is 2.88 bits per heavy atom. The Morgan fingerprint density at radius 1 is 1.28 bits per heavy atom. The number of imidazole rings is 1. The first kappa shape index (κ1) is 21.6. The molecule has 4 aromatic rings. The average Bonchev–Trinajstić information content (AvgIpc) is 3.56. The van der Waals surface area contributed by atoms with Gasteiger partial charge in [-0.2, -0.15) is 0 Å². The first-order chi connectivity index (χ1) is 15.7. The van der Waals surface area contributed by atoms with Crippen LogP contribution in [-0.2, 0) is 19.4 Å². The molecule has 1 N–H and O–H groups in total. The van der Waals surface area contributed by atoms with Crippen molar-refractivity contribution in [2.24, 2.45) is 0 Å². The van der Waals surface area contributed by atoms with Gasteiger partial charge in [-0.3, -0.25) is 10.1 Å². The molecule has 9 nitrogen and oxygen atoms in total. The summed E-state index contributed by atoms with van der Waals surface area (Å²) in [4.78, 5) is 17.0. The lowest BCUT2D eigenvalue weighted by atomic mass is 10.1. The summed E-state index contributed by atoms with van der Waals surface area (Å²) in [5, 5.41) is 28.0. The lowest BCUT2D eigenvalue weighted by Gasteiger charge is -2.12. The fourth-order valence-electron chi connectivity index (χ4n) is 3.53. The summed E-state index contributed by atoms with van der Waals surface area (Å²) in [5.41, 5.74) is 2.53. The van der Waals surface area contributed by atoms with Gasteiger partial charge < -0.3 is 4.57 Å². The van der Waals surface area contributed by atoms with Gasteiger partial charge in [-0.05, 0) is 34.4 Å². The van der Waals surface area contributed by atoms with Gasteiger partial charge in [0.1, 0.15) is 5.82 Å². The molecule has 4 rings (SSSR count). The quantitative estimate of drug-likeness (QED) is 0.281. The zero-order chi connectivity index (χ0) is 22.3. The zero-order valence-electron chi connectivity index (χ0n) is 17.6. The molecule has 0 saturated carbocycles. The summed E-state index contributed by atoms with van der Waals surface area (Å²) in [6, 6.07) is 10.9. The van der Waals surface area contributed by atoms with Crippen LogP contribution in [0.15, 0.2) is 48.0 Å². The molecule has 32 heavy (non-hydrogen) atoms. The van der Waals surface area contributed by atoms with Crippen molar-refractivity contribution in [3.8, 4) is 0 Å². The third-order valence-electron chi connectivity index (χ3n) is 5.16. The smallest absolute Gasteiger partial charge is 0.274 e. The lowest BCUT2D eigenvalue weighted by molar-refractivity contribution is -0.385. The third-order valence-corrected chi connectivity index (χ3v) is 6.03. The van der Waals surface area contributed by atoms with Crippen molar-refractivity contribution in [2.75, 3.05) is 0 Å². The number of para-hydroxylation sites is 1. The second kappa shape index (κ2) is 10.1. The first-order valence-electron chi connectivity index (χ1n) is 10.4. The highest BCUT2D eigenvalue weighted by Crippen LogP contribution is 2.25. The average molecular weight is 450 g/mol. The molecule has 0 aliphatic carbocycles. The number of aromatic amines is 1. The number of thiophene rings is 1. The molecule has 0 radical (unpaired) electrons. The normalized spacial score (nSPS) is 11.7. The van der Waals surface area contributed by atoms with Gasteiger partial charge in [0.25, 0.3) is 5.69 Å². The van der Waals surface area contributed by atoms with E-state index < -0.39 is 0 Å². The van der Waals surface area contributed by atoms with Crippen molar-refractivity contribution < 1.29 is 4.92 Å². The molecule has 0 unspecified atom stereocenters. The third kappa shape index (κ3) is 4.97. The number of nitro groups is 1. The van der Waals surface area contributed by atoms with E-state index in [-0.39, 0.29) is 10.6 Å². The first-order valence-corrected chi connectivity index (χ1v) is 11.3. The van der Waals surface area contributed by atoms with E-state index in [9.17, 15) is 10.1 Å². The van der Waals surface area contributed by atoms with E-state index in [2.05, 4.69) is 43.2 Å². The molecule has 0 spiro atoms. The number of unbranched alkanes of at least 4 members (excludes halogenated alkanes) is 1. The van der Waals surface area contributed by atoms with E-state index >= 15 is 0 Å². The van der Waals surface area contributed by atoms with Crippen LogP contribution in [-0.4, -0.2) is 35.1 Å². The molecule has 0 amide bonds. The summed E-state index contributed by atoms with van der Waals surface area (Å²) in [6.07, 6.45) is 7.32. The number of rotatable bonds is 10. The Balaban J connectivity index is 1.76. The van der Waals surface area contributed by atoms with Crippen molar-refractivity contribution in [3.63, 3.8) is 0 Å². The number of H-pyrrole nitrogens is 1. The van der Waals surface area contributed by atoms with E-state index in [0.717, 1.165) is 36.4 Å². The minimum absolute atomic E-state index is 0.107. The fraction of sp³-hybridized carbons (Fsp3) is 0.273. The van der Waals surface area contributed by atoms with Crippen molar-refractivity contribution in [1.29, 1.82) is 0 Å². The van der Waals surface area contributed by atoms with Gasteiger partial charge in [-0.1, -0.05) is 37.6 Å². The van der Waals surface area contributed by atoms with Crippen molar-refractivity contribution in [2.45, 2.75) is 39.2 Å². The number of benzene rings is 1. The van der Waals surface area contributed by atoms with E-state index in [1.54, 1.807) is 23.5 Å². The van der Waals surface area contributed by atoms with Crippen LogP contribution in [0.4, 0.5) is 5.69 Å². The SMILES string of the molecule is CCCCc1ncc(/C=C(\Cc2cccs2)c2nnn[nH]2)n1Cc1ccccc1[N+](=O)[O-]. The van der Waals surface area contributed by atoms with E-state index in [1.165, 1.54) is 10.9 Å². The van der Waals surface area contributed by atoms with E-state index in [4.69, 9.17) is 0 Å². The van der Waals surface area contributed by atoms with Crippen LogP contribution in [0.2, 0.25) is 0 Å². The van der Waals surface area contributed by atoms with Crippen LogP contribution in [0.3, 0.4) is 0 Å². The fourth-order valence-corrected chi connectivity index (χ4v) is 4.26. The van der Waals surface area contributed by atoms with Crippen LogP contribution in [0, 0.1) is 10.1 Å². The van der Waals surface area contributed by atoms with Crippen molar-refractivity contribution in [3.05, 3.63) is 85.9 Å². The maximum atomic E-state index is 11.5. The Bertz CT molecular complexity index is 1200. The number of allylic oxidation sites excluding steroid dienone is 1. The standard InChI is InChI=1S/C22H23N7O2S/c1-2-3-10-21-23-14-18(28(21)15-16-7-4-5-9-20(16)29(30)31)12-17(22-24-26-27-25-22)13-19-8-6-11-32-19/h4-9,11-12,14H,2-3,10,13,15H2,1H3,(H,24,25,26,27)/b17-12+. The van der Waals surface area contributed by atoms with Crippen LogP contribution in [0.1, 0.15) is 47.5 Å². The summed E-state index contributed by atoms with van der Waals surface area (Å²) in [6.45, 7) is 2.50. The van der Waals surface area contributed by atoms with Crippen molar-refractivity contribution >= 4 is 28.7 Å². The molecule has 10 heteroatoms. The number of aryl methyl sites for hydroxylation is 1. The van der Waals surface area contributed by atoms with Crippen LogP contribution in [0.25, 0.3) is 11.6 Å². The molecule has 0 aliphatic rings. The van der Waals surface area contributed by atoms with Gasteiger partial charge in [0.2, 0.25) is 0 Å². The number of aromatic nitrogens is 6. The van der Waals surface area contributed by atoms with Crippen LogP contribution in [0.5, 0.6) is 0 Å². The van der Waals surface area contributed by atoms with E-state index in [1.807, 2.05) is 29.8 Å². The highest BCUT2D eigenvalue weighted by atomic mass is 32.1. The predicted molar refractivity (Wildman–Crippen MR) is 123 cm³/mol. The van der Waals surface area contributed by atoms with Gasteiger partial charge in [0.15, 0.2) is 5.82 Å². The topological polar surface area (TPSA) is 115 Å². The van der Waals surface area contributed by atoms with Crippen LogP contribution >= 0.6 is 11.3 Å². The van der Waals surface area contributed by atoms with Crippen molar-refractivity contribution in [1.82, 2.24) is 30.2 Å². The summed E-state index contributed by atoms with van der Waals surface area (Å²) < 4.78 is 2.05. The Hall–Kier alpha value is -3.66. The molecule has 3 heterocycles. The zero-order valence-corrected chi connectivity index (χ0v) is 18.5. The number of nitrogens with zero attached hydrogens (tertiary/aromatic N) is 6. The number of tetrazole rings is 1. The molecule has 0 atom stereocenters. The van der Waals surface area contributed by atoms with Gasteiger partial charge in [-0.25, -0.2) is 10.1 Å². The minimum atomic E-state index is -0.337. The molecule has 164 valence electrons. The molecule has 0 fully saturated rings. The summed E-state index contributed by atoms with van der Waals surface area (Å²) in [5.74, 6) is 1.49. The highest BCUT2D eigenvalue weighted by Gasteiger charge is 2.17. The molecule has 0 aliphatic heterocycles. The monoisotopic (exact) mass is 449 g/mol. The lowest BCUT2D eigenvalue weighted by Crippen LogP contribution is -2.09. The van der Waals surface area contributed by atoms with Gasteiger partial charge >= 0.3 is 0 Å². The number of hydrogen-bond acceptors (Lipinski definition) is 7. The Morgan fingerprint density at radius 2 is 2.16 bits per heavy atom. The van der Waals surface area contributed by atoms with Gasteiger partial charge in [0, 0.05) is 34.9 Å². The summed E-state index contributed by atoms with van der Waals surface area (Å²) >= 11 is 1.67. The summed E-state index contributed by atoms with van der Waals surface area (Å²) in [7, 11) is 0. The second-order valence-electron chi connectivity index (χ2n) is 7.35. The van der Waals surface area contributed by atoms with E-state index in [0.29, 0.717) is 24.4 Å². The highest BCUT2D eigenvalue weighted by molar-refractivity contribution is 7.10. The maximum absolute atomic E-state index is 11.5. The minimum Gasteiger partial charge on any atom is -0.324 e. The molecular weight excluding hydrogens is 426 g/mol. The largest absolute Gasteiger partial charge is 0.324 e. The molecular formula is C22H23N7O2S. The number of nitrogens with one attached hydrogen (secondary N) is 1. The predicted octanol–water partition coefficient (Wildman–Crippen LogP) is 4.54. The maximum Gasteiger partial charge on any atom is 0.274 e. The second-order valence-corrected chi connectivity index (χ2v) is 8.38. The molecule has 3 aromatic heterocycles. The molecule has 0 bridgehead atoms. The Labute approximate surface area is 189 Å². The van der Waals surface area contributed by atoms with Gasteiger partial charge in [-0.15, -0.1) is 16.4 Å². The number of nitro benzene ring substituents is 1. The van der Waals surface area contributed by atoms with Gasteiger partial charge in [0.05, 0.1) is 23.4 Å². The molecule has 1 aromatic carbocycles. The number of hydrogen-bond donors (Lipinski definition) is 1. The Kier molecular flexibility index (Phi) is 6.81. The van der Waals surface area contributed by atoms with Crippen LogP contribution < -0.4 is 0 Å².